The molecule has 9 heteroatoms. The van der Waals surface area contributed by atoms with Gasteiger partial charge >= 0.3 is 0 Å². The first-order valence-electron chi connectivity index (χ1n) is 10.2. The lowest BCUT2D eigenvalue weighted by atomic mass is 10.1. The molecule has 0 radical (unpaired) electrons. The van der Waals surface area contributed by atoms with Crippen molar-refractivity contribution in [2.45, 2.75) is 19.9 Å². The van der Waals surface area contributed by atoms with Crippen LogP contribution in [0.25, 0.3) is 11.4 Å². The van der Waals surface area contributed by atoms with Crippen LogP contribution < -0.4 is 0 Å². The van der Waals surface area contributed by atoms with Crippen LogP contribution in [0.3, 0.4) is 0 Å². The minimum atomic E-state index is -0.447. The van der Waals surface area contributed by atoms with Gasteiger partial charge in [-0.1, -0.05) is 22.9 Å². The van der Waals surface area contributed by atoms with Crippen LogP contribution in [0.1, 0.15) is 28.2 Å². The van der Waals surface area contributed by atoms with Crippen molar-refractivity contribution >= 4 is 11.6 Å². The Morgan fingerprint density at radius 2 is 1.94 bits per heavy atom. The molecule has 1 aromatic heterocycles. The third kappa shape index (κ3) is 4.95. The molecule has 0 unspecified atom stereocenters. The predicted molar refractivity (Wildman–Crippen MR) is 113 cm³/mol. The van der Waals surface area contributed by atoms with E-state index in [0.29, 0.717) is 43.5 Å². The van der Waals surface area contributed by atoms with Gasteiger partial charge in [0.05, 0.1) is 11.5 Å². The summed E-state index contributed by atoms with van der Waals surface area (Å²) in [5.74, 6) is 0.937. The van der Waals surface area contributed by atoms with E-state index in [1.165, 1.54) is 12.1 Å². The zero-order chi connectivity index (χ0) is 21.8. The Labute approximate surface area is 179 Å². The smallest absolute Gasteiger partial charge is 0.269 e. The highest BCUT2D eigenvalue weighted by Crippen LogP contribution is 2.20. The Morgan fingerprint density at radius 3 is 2.68 bits per heavy atom. The SMILES string of the molecule is Cc1cccc(C(=O)N2CCCN(Cc3nc(-c4ccc([N+](=O)[O-])cc4)no3)CC2)c1. The Kier molecular flexibility index (Phi) is 6.03. The first kappa shape index (κ1) is 20.7. The summed E-state index contributed by atoms with van der Waals surface area (Å²) >= 11 is 0. The Balaban J connectivity index is 1.36. The fourth-order valence-electron chi connectivity index (χ4n) is 3.65. The van der Waals surface area contributed by atoms with Gasteiger partial charge < -0.3 is 9.42 Å². The number of hydrogen-bond donors (Lipinski definition) is 0. The zero-order valence-corrected chi connectivity index (χ0v) is 17.2. The van der Waals surface area contributed by atoms with Gasteiger partial charge in [0.2, 0.25) is 11.7 Å². The second-order valence-corrected chi connectivity index (χ2v) is 7.61. The largest absolute Gasteiger partial charge is 0.338 e. The van der Waals surface area contributed by atoms with Gasteiger partial charge in [-0.15, -0.1) is 0 Å². The molecule has 1 aliphatic heterocycles. The lowest BCUT2D eigenvalue weighted by Gasteiger charge is -2.21. The van der Waals surface area contributed by atoms with Crippen molar-refractivity contribution in [3.63, 3.8) is 0 Å². The number of aryl methyl sites for hydroxylation is 1. The molecule has 4 rings (SSSR count). The minimum absolute atomic E-state index is 0.0156. The molecule has 0 atom stereocenters. The summed E-state index contributed by atoms with van der Waals surface area (Å²) in [6.07, 6.45) is 0.862. The molecule has 160 valence electrons. The molecule has 1 amide bonds. The van der Waals surface area contributed by atoms with Crippen molar-refractivity contribution in [1.29, 1.82) is 0 Å². The molecule has 9 nitrogen and oxygen atoms in total. The Morgan fingerprint density at radius 1 is 1.13 bits per heavy atom. The highest BCUT2D eigenvalue weighted by Gasteiger charge is 2.22. The van der Waals surface area contributed by atoms with E-state index in [1.54, 1.807) is 12.1 Å². The summed E-state index contributed by atoms with van der Waals surface area (Å²) < 4.78 is 5.38. The number of aromatic nitrogens is 2. The van der Waals surface area contributed by atoms with E-state index in [4.69, 9.17) is 4.52 Å². The van der Waals surface area contributed by atoms with Gasteiger partial charge in [-0.05, 0) is 37.6 Å². The standard InChI is InChI=1S/C22H23N5O4/c1-16-4-2-5-18(14-16)22(28)26-11-3-10-25(12-13-26)15-20-23-21(24-31-20)17-6-8-19(9-7-17)27(29)30/h2,4-9,14H,3,10-13,15H2,1H3. The first-order valence-corrected chi connectivity index (χ1v) is 10.2. The van der Waals surface area contributed by atoms with E-state index in [-0.39, 0.29) is 11.6 Å². The van der Waals surface area contributed by atoms with Crippen LogP contribution in [0, 0.1) is 17.0 Å². The van der Waals surface area contributed by atoms with Crippen molar-refractivity contribution < 1.29 is 14.2 Å². The minimum Gasteiger partial charge on any atom is -0.338 e. The maximum atomic E-state index is 12.8. The van der Waals surface area contributed by atoms with E-state index in [1.807, 2.05) is 36.1 Å². The number of nitro groups is 1. The van der Waals surface area contributed by atoms with Crippen molar-refractivity contribution in [3.8, 4) is 11.4 Å². The number of rotatable bonds is 5. The number of carbonyl (C=O) groups excluding carboxylic acids is 1. The van der Waals surface area contributed by atoms with Crippen LogP contribution >= 0.6 is 0 Å². The Bertz CT molecular complexity index is 1080. The molecule has 0 spiro atoms. The van der Waals surface area contributed by atoms with Gasteiger partial charge in [-0.2, -0.15) is 4.98 Å². The second-order valence-electron chi connectivity index (χ2n) is 7.61. The monoisotopic (exact) mass is 421 g/mol. The zero-order valence-electron chi connectivity index (χ0n) is 17.2. The van der Waals surface area contributed by atoms with Crippen LogP contribution in [-0.2, 0) is 6.54 Å². The molecule has 1 aliphatic rings. The highest BCUT2D eigenvalue weighted by molar-refractivity contribution is 5.94. The lowest BCUT2D eigenvalue weighted by Crippen LogP contribution is -2.35. The number of nitro benzene ring substituents is 1. The Hall–Kier alpha value is -3.59. The molecular formula is C22H23N5O4. The van der Waals surface area contributed by atoms with Crippen molar-refractivity contribution in [1.82, 2.24) is 19.9 Å². The maximum absolute atomic E-state index is 12.8. The summed E-state index contributed by atoms with van der Waals surface area (Å²) in [5, 5.41) is 14.8. The van der Waals surface area contributed by atoms with E-state index < -0.39 is 4.92 Å². The number of hydrogen-bond acceptors (Lipinski definition) is 7. The summed E-state index contributed by atoms with van der Waals surface area (Å²) in [5.41, 5.74) is 2.47. The van der Waals surface area contributed by atoms with E-state index in [2.05, 4.69) is 15.0 Å². The van der Waals surface area contributed by atoms with Crippen LogP contribution in [0.15, 0.2) is 53.1 Å². The number of amides is 1. The molecule has 0 aliphatic carbocycles. The van der Waals surface area contributed by atoms with Crippen LogP contribution in [0.4, 0.5) is 5.69 Å². The third-order valence-corrected chi connectivity index (χ3v) is 5.30. The molecular weight excluding hydrogens is 398 g/mol. The molecule has 1 fully saturated rings. The summed E-state index contributed by atoms with van der Waals surface area (Å²) in [6, 6.07) is 13.7. The molecule has 2 aromatic carbocycles. The fraction of sp³-hybridized carbons (Fsp3) is 0.318. The quantitative estimate of drug-likeness (QED) is 0.460. The number of benzene rings is 2. The fourth-order valence-corrected chi connectivity index (χ4v) is 3.65. The van der Waals surface area contributed by atoms with Gasteiger partial charge in [-0.25, -0.2) is 0 Å². The second kappa shape index (κ2) is 9.05. The van der Waals surface area contributed by atoms with Gasteiger partial charge in [0.25, 0.3) is 11.6 Å². The van der Waals surface area contributed by atoms with Crippen LogP contribution in [-0.4, -0.2) is 56.9 Å². The average molecular weight is 421 g/mol. The normalized spacial score (nSPS) is 14.9. The van der Waals surface area contributed by atoms with Crippen LogP contribution in [0.5, 0.6) is 0 Å². The summed E-state index contributed by atoms with van der Waals surface area (Å²) in [4.78, 5) is 31.7. The molecule has 3 aromatic rings. The first-order chi connectivity index (χ1) is 15.0. The molecule has 1 saturated heterocycles. The third-order valence-electron chi connectivity index (χ3n) is 5.30. The number of carbonyl (C=O) groups is 1. The molecule has 0 saturated carbocycles. The van der Waals surface area contributed by atoms with Gasteiger partial charge in [0.15, 0.2) is 0 Å². The van der Waals surface area contributed by atoms with E-state index >= 15 is 0 Å². The number of non-ortho nitro benzene ring substituents is 1. The van der Waals surface area contributed by atoms with Crippen molar-refractivity contribution in [3.05, 3.63) is 75.7 Å². The van der Waals surface area contributed by atoms with Crippen molar-refractivity contribution in [2.75, 3.05) is 26.2 Å². The highest BCUT2D eigenvalue weighted by atomic mass is 16.6. The topological polar surface area (TPSA) is 106 Å². The van der Waals surface area contributed by atoms with E-state index in [9.17, 15) is 14.9 Å². The maximum Gasteiger partial charge on any atom is 0.269 e. The summed E-state index contributed by atoms with van der Waals surface area (Å²) in [7, 11) is 0. The average Bonchev–Trinajstić information content (AvgIpc) is 3.11. The summed E-state index contributed by atoms with van der Waals surface area (Å²) in [6.45, 7) is 5.36. The molecule has 31 heavy (non-hydrogen) atoms. The van der Waals surface area contributed by atoms with Gasteiger partial charge in [0.1, 0.15) is 0 Å². The van der Waals surface area contributed by atoms with Gasteiger partial charge in [0, 0.05) is 49.4 Å². The van der Waals surface area contributed by atoms with E-state index in [0.717, 1.165) is 24.1 Å². The molecule has 2 heterocycles. The molecule has 0 N–H and O–H groups in total. The van der Waals surface area contributed by atoms with Crippen molar-refractivity contribution in [2.24, 2.45) is 0 Å². The predicted octanol–water partition coefficient (Wildman–Crippen LogP) is 3.30. The van der Waals surface area contributed by atoms with Gasteiger partial charge in [-0.3, -0.25) is 19.8 Å². The lowest BCUT2D eigenvalue weighted by molar-refractivity contribution is -0.384. The number of nitrogens with zero attached hydrogens (tertiary/aromatic N) is 5. The van der Waals surface area contributed by atoms with Crippen LogP contribution in [0.2, 0.25) is 0 Å². The molecule has 0 bridgehead atoms.